The molecule has 2 heterocycles. The van der Waals surface area contributed by atoms with E-state index >= 15 is 0 Å². The van der Waals surface area contributed by atoms with Gasteiger partial charge in [-0.05, 0) is 50.6 Å². The average molecular weight is 405 g/mol. The number of nitrogens with one attached hydrogen (secondary N) is 1. The number of carbonyl (C=O) groups is 1. The van der Waals surface area contributed by atoms with E-state index in [-0.39, 0.29) is 5.91 Å². The molecule has 0 saturated heterocycles. The summed E-state index contributed by atoms with van der Waals surface area (Å²) in [5.41, 5.74) is 5.64. The fourth-order valence-electron chi connectivity index (χ4n) is 3.44. The lowest BCUT2D eigenvalue weighted by Gasteiger charge is -2.12. The van der Waals surface area contributed by atoms with E-state index in [2.05, 4.69) is 10.4 Å². The van der Waals surface area contributed by atoms with Crippen molar-refractivity contribution in [2.45, 2.75) is 27.3 Å². The highest BCUT2D eigenvalue weighted by Crippen LogP contribution is 2.28. The van der Waals surface area contributed by atoms with Gasteiger partial charge in [-0.1, -0.05) is 35.9 Å². The number of pyridine rings is 1. The predicted molar refractivity (Wildman–Crippen MR) is 118 cm³/mol. The summed E-state index contributed by atoms with van der Waals surface area (Å²) in [4.78, 5) is 18.0. The molecule has 0 unspecified atom stereocenters. The smallest absolute Gasteiger partial charge is 0.256 e. The second kappa shape index (κ2) is 7.68. The molecule has 4 rings (SSSR count). The van der Waals surface area contributed by atoms with E-state index in [4.69, 9.17) is 16.6 Å². The Balaban J connectivity index is 1.83. The molecule has 0 spiro atoms. The third kappa shape index (κ3) is 3.61. The molecule has 0 bridgehead atoms. The third-order valence-electron chi connectivity index (χ3n) is 5.09. The highest BCUT2D eigenvalue weighted by molar-refractivity contribution is 6.31. The summed E-state index contributed by atoms with van der Waals surface area (Å²) in [6, 6.07) is 14.9. The van der Waals surface area contributed by atoms with Crippen molar-refractivity contribution >= 4 is 34.1 Å². The number of rotatable bonds is 4. The fraction of sp³-hybridized carbons (Fsp3) is 0.174. The van der Waals surface area contributed by atoms with Crippen molar-refractivity contribution in [1.29, 1.82) is 0 Å². The molecule has 4 aromatic rings. The highest BCUT2D eigenvalue weighted by atomic mass is 35.5. The Hall–Kier alpha value is -3.18. The molecule has 1 N–H and O–H groups in total. The van der Waals surface area contributed by atoms with E-state index in [1.165, 1.54) is 0 Å². The highest BCUT2D eigenvalue weighted by Gasteiger charge is 2.17. The van der Waals surface area contributed by atoms with Gasteiger partial charge in [0.15, 0.2) is 0 Å². The Bertz CT molecular complexity index is 1230. The topological polar surface area (TPSA) is 59.8 Å². The zero-order chi connectivity index (χ0) is 20.5. The summed E-state index contributed by atoms with van der Waals surface area (Å²) in [5.74, 6) is -0.198. The van der Waals surface area contributed by atoms with Crippen molar-refractivity contribution in [3.8, 4) is 11.3 Å². The zero-order valence-electron chi connectivity index (χ0n) is 16.5. The Morgan fingerprint density at radius 2 is 1.93 bits per heavy atom. The SMILES string of the molecule is CCn1ncc(-c2cc(C(=O)Nc3cc(Cl)ccc3C)c3ccccc3n2)c1C. The van der Waals surface area contributed by atoms with Crippen LogP contribution in [0.25, 0.3) is 22.2 Å². The van der Waals surface area contributed by atoms with Crippen LogP contribution in [0.2, 0.25) is 5.02 Å². The third-order valence-corrected chi connectivity index (χ3v) is 5.32. The first kappa shape index (κ1) is 19.2. The Morgan fingerprint density at radius 1 is 1.14 bits per heavy atom. The largest absolute Gasteiger partial charge is 0.322 e. The van der Waals surface area contributed by atoms with Crippen LogP contribution in [-0.2, 0) is 6.54 Å². The molecule has 0 atom stereocenters. The lowest BCUT2D eigenvalue weighted by atomic mass is 10.0. The average Bonchev–Trinajstić information content (AvgIpc) is 3.10. The summed E-state index contributed by atoms with van der Waals surface area (Å²) in [7, 11) is 0. The zero-order valence-corrected chi connectivity index (χ0v) is 17.3. The van der Waals surface area contributed by atoms with Gasteiger partial charge < -0.3 is 5.32 Å². The molecule has 6 heteroatoms. The molecular weight excluding hydrogens is 384 g/mol. The molecule has 0 aliphatic rings. The fourth-order valence-corrected chi connectivity index (χ4v) is 3.61. The van der Waals surface area contributed by atoms with Crippen LogP contribution >= 0.6 is 11.6 Å². The molecule has 2 aromatic carbocycles. The van der Waals surface area contributed by atoms with Gasteiger partial charge in [0.05, 0.1) is 23.0 Å². The van der Waals surface area contributed by atoms with Crippen LogP contribution in [0.15, 0.2) is 54.7 Å². The second-order valence-electron chi connectivity index (χ2n) is 6.94. The quantitative estimate of drug-likeness (QED) is 0.478. The first-order valence-electron chi connectivity index (χ1n) is 9.48. The summed E-state index contributed by atoms with van der Waals surface area (Å²) in [6.45, 7) is 6.77. The molecule has 0 fully saturated rings. The van der Waals surface area contributed by atoms with Crippen molar-refractivity contribution < 1.29 is 4.79 Å². The molecule has 146 valence electrons. The lowest BCUT2D eigenvalue weighted by molar-refractivity contribution is 0.102. The number of nitrogens with zero attached hydrogens (tertiary/aromatic N) is 3. The van der Waals surface area contributed by atoms with Crippen molar-refractivity contribution in [3.05, 3.63) is 76.6 Å². The summed E-state index contributed by atoms with van der Waals surface area (Å²) in [6.07, 6.45) is 1.80. The molecule has 0 aliphatic carbocycles. The van der Waals surface area contributed by atoms with Crippen LogP contribution in [0.5, 0.6) is 0 Å². The van der Waals surface area contributed by atoms with E-state index in [1.807, 2.05) is 61.9 Å². The lowest BCUT2D eigenvalue weighted by Crippen LogP contribution is -2.14. The number of benzene rings is 2. The van der Waals surface area contributed by atoms with Crippen molar-refractivity contribution in [2.75, 3.05) is 5.32 Å². The predicted octanol–water partition coefficient (Wildman–Crippen LogP) is 5.64. The maximum atomic E-state index is 13.2. The summed E-state index contributed by atoms with van der Waals surface area (Å²) >= 11 is 6.11. The van der Waals surface area contributed by atoms with Gasteiger partial charge >= 0.3 is 0 Å². The maximum Gasteiger partial charge on any atom is 0.256 e. The van der Waals surface area contributed by atoms with Gasteiger partial charge in [-0.15, -0.1) is 0 Å². The number of amides is 1. The second-order valence-corrected chi connectivity index (χ2v) is 7.38. The van der Waals surface area contributed by atoms with Crippen molar-refractivity contribution in [2.24, 2.45) is 0 Å². The Kier molecular flexibility index (Phi) is 5.07. The number of carbonyl (C=O) groups excluding carboxylic acids is 1. The van der Waals surface area contributed by atoms with Crippen LogP contribution < -0.4 is 5.32 Å². The summed E-state index contributed by atoms with van der Waals surface area (Å²) in [5, 5.41) is 8.79. The van der Waals surface area contributed by atoms with Gasteiger partial charge in [0, 0.05) is 33.9 Å². The monoisotopic (exact) mass is 404 g/mol. The molecule has 0 saturated carbocycles. The molecule has 0 aliphatic heterocycles. The number of anilines is 1. The minimum Gasteiger partial charge on any atom is -0.322 e. The number of fused-ring (bicyclic) bond motifs is 1. The minimum atomic E-state index is -0.198. The molecule has 5 nitrogen and oxygen atoms in total. The summed E-state index contributed by atoms with van der Waals surface area (Å²) < 4.78 is 1.92. The number of aryl methyl sites for hydroxylation is 2. The normalized spacial score (nSPS) is 11.0. The Labute approximate surface area is 174 Å². The van der Waals surface area contributed by atoms with E-state index in [0.717, 1.165) is 40.0 Å². The van der Waals surface area contributed by atoms with Gasteiger partial charge in [0.25, 0.3) is 5.91 Å². The number of para-hydroxylation sites is 1. The number of hydrogen-bond donors (Lipinski definition) is 1. The van der Waals surface area contributed by atoms with Gasteiger partial charge in [-0.3, -0.25) is 9.48 Å². The van der Waals surface area contributed by atoms with Gasteiger partial charge in [0.2, 0.25) is 0 Å². The van der Waals surface area contributed by atoms with Gasteiger partial charge in [0.1, 0.15) is 0 Å². The van der Waals surface area contributed by atoms with E-state index < -0.39 is 0 Å². The van der Waals surface area contributed by atoms with Crippen LogP contribution in [0.3, 0.4) is 0 Å². The Morgan fingerprint density at radius 3 is 2.69 bits per heavy atom. The molecule has 0 radical (unpaired) electrons. The first-order chi connectivity index (χ1) is 14.0. The molecule has 1 amide bonds. The van der Waals surface area contributed by atoms with Crippen LogP contribution in [-0.4, -0.2) is 20.7 Å². The van der Waals surface area contributed by atoms with Gasteiger partial charge in [-0.25, -0.2) is 4.98 Å². The van der Waals surface area contributed by atoms with Gasteiger partial charge in [-0.2, -0.15) is 5.10 Å². The van der Waals surface area contributed by atoms with Crippen LogP contribution in [0, 0.1) is 13.8 Å². The molecule has 29 heavy (non-hydrogen) atoms. The first-order valence-corrected chi connectivity index (χ1v) is 9.85. The van der Waals surface area contributed by atoms with Crippen LogP contribution in [0.1, 0.15) is 28.5 Å². The molecular formula is C23H21ClN4O. The minimum absolute atomic E-state index is 0.198. The van der Waals surface area contributed by atoms with E-state index in [9.17, 15) is 4.79 Å². The number of hydrogen-bond acceptors (Lipinski definition) is 3. The standard InChI is InChI=1S/C23H21ClN4O/c1-4-28-15(3)19(13-25-28)22-12-18(17-7-5-6-8-20(17)26-22)23(29)27-21-11-16(24)10-9-14(21)2/h5-13H,4H2,1-3H3,(H,27,29). The number of aromatic nitrogens is 3. The van der Waals surface area contributed by atoms with E-state index in [0.29, 0.717) is 16.3 Å². The van der Waals surface area contributed by atoms with Crippen molar-refractivity contribution in [1.82, 2.24) is 14.8 Å². The maximum absolute atomic E-state index is 13.2. The van der Waals surface area contributed by atoms with Crippen LogP contribution in [0.4, 0.5) is 5.69 Å². The van der Waals surface area contributed by atoms with Crippen molar-refractivity contribution in [3.63, 3.8) is 0 Å². The number of halogens is 1. The van der Waals surface area contributed by atoms with E-state index in [1.54, 1.807) is 18.3 Å². The molecule has 2 aromatic heterocycles.